The van der Waals surface area contributed by atoms with Gasteiger partial charge >= 0.3 is 0 Å². The maximum Gasteiger partial charge on any atom is 0.166 e. The number of benzene rings is 1. The Balaban J connectivity index is 1.76. The first kappa shape index (κ1) is 11.3. The summed E-state index contributed by atoms with van der Waals surface area (Å²) in [5, 5.41) is 0. The summed E-state index contributed by atoms with van der Waals surface area (Å²) in [6.45, 7) is 3.86. The van der Waals surface area contributed by atoms with Crippen molar-refractivity contribution in [2.24, 2.45) is 5.92 Å². The molecule has 2 heteroatoms. The highest BCUT2D eigenvalue weighted by Crippen LogP contribution is 2.29. The number of Topliss-reactive ketones (excluding diaryl/α,β-unsaturated/α-hetero) is 1. The van der Waals surface area contributed by atoms with Crippen molar-refractivity contribution in [3.63, 3.8) is 0 Å². The molecule has 0 aliphatic carbocycles. The molecule has 1 aromatic carbocycles. The van der Waals surface area contributed by atoms with Crippen LogP contribution in [0.5, 0.6) is 0 Å². The summed E-state index contributed by atoms with van der Waals surface area (Å²) in [5.41, 5.74) is 1.31. The number of ketones is 1. The van der Waals surface area contributed by atoms with Gasteiger partial charge in [0.1, 0.15) is 6.10 Å². The third kappa shape index (κ3) is 2.70. The molecule has 2 rings (SSSR count). The Hall–Kier alpha value is -1.15. The fourth-order valence-electron chi connectivity index (χ4n) is 1.89. The summed E-state index contributed by atoms with van der Waals surface area (Å²) in [6.07, 6.45) is 1.99. The average molecular weight is 218 g/mol. The highest BCUT2D eigenvalue weighted by atomic mass is 16.6. The van der Waals surface area contributed by atoms with Gasteiger partial charge < -0.3 is 4.74 Å². The summed E-state index contributed by atoms with van der Waals surface area (Å²) in [6, 6.07) is 10.3. The molecule has 0 aromatic heterocycles. The topological polar surface area (TPSA) is 29.6 Å². The van der Waals surface area contributed by atoms with Gasteiger partial charge in [-0.2, -0.15) is 0 Å². The fraction of sp³-hybridized carbons (Fsp3) is 0.500. The number of epoxide rings is 1. The van der Waals surface area contributed by atoms with Crippen LogP contribution >= 0.6 is 0 Å². The molecule has 16 heavy (non-hydrogen) atoms. The number of carbonyl (C=O) groups excluding carboxylic acids is 1. The van der Waals surface area contributed by atoms with Crippen LogP contribution < -0.4 is 0 Å². The highest BCUT2D eigenvalue weighted by molar-refractivity contribution is 5.87. The van der Waals surface area contributed by atoms with Gasteiger partial charge in [-0.25, -0.2) is 0 Å². The summed E-state index contributed by atoms with van der Waals surface area (Å²) < 4.78 is 5.41. The van der Waals surface area contributed by atoms with E-state index in [-0.39, 0.29) is 23.9 Å². The Kier molecular flexibility index (Phi) is 3.39. The third-order valence-electron chi connectivity index (χ3n) is 2.99. The SMILES string of the molecule is CC(C)C(=O)C1OC1CCc1ccccc1. The van der Waals surface area contributed by atoms with Crippen LogP contribution in [-0.4, -0.2) is 18.0 Å². The molecule has 2 atom stereocenters. The zero-order chi connectivity index (χ0) is 11.5. The predicted molar refractivity (Wildman–Crippen MR) is 63.3 cm³/mol. The highest BCUT2D eigenvalue weighted by Gasteiger charge is 2.44. The van der Waals surface area contributed by atoms with Crippen molar-refractivity contribution >= 4 is 5.78 Å². The molecule has 1 aliphatic heterocycles. The van der Waals surface area contributed by atoms with E-state index in [0.29, 0.717) is 0 Å². The van der Waals surface area contributed by atoms with Gasteiger partial charge in [0, 0.05) is 5.92 Å². The summed E-state index contributed by atoms with van der Waals surface area (Å²) in [5.74, 6) is 0.338. The molecular formula is C14H18O2. The number of aryl methyl sites for hydroxylation is 1. The molecule has 2 unspecified atom stereocenters. The van der Waals surface area contributed by atoms with Crippen LogP contribution in [0.4, 0.5) is 0 Å². The summed E-state index contributed by atoms with van der Waals surface area (Å²) in [4.78, 5) is 11.6. The molecule has 1 saturated heterocycles. The van der Waals surface area contributed by atoms with Crippen molar-refractivity contribution < 1.29 is 9.53 Å². The minimum atomic E-state index is -0.122. The van der Waals surface area contributed by atoms with Gasteiger partial charge in [0.25, 0.3) is 0 Å². The van der Waals surface area contributed by atoms with Gasteiger partial charge in [-0.15, -0.1) is 0 Å². The van der Waals surface area contributed by atoms with E-state index >= 15 is 0 Å². The van der Waals surface area contributed by atoms with E-state index in [1.807, 2.05) is 32.0 Å². The number of ether oxygens (including phenoxy) is 1. The van der Waals surface area contributed by atoms with Gasteiger partial charge in [0.2, 0.25) is 0 Å². The lowest BCUT2D eigenvalue weighted by atomic mass is 10.0. The van der Waals surface area contributed by atoms with Gasteiger partial charge in [0.15, 0.2) is 5.78 Å². The van der Waals surface area contributed by atoms with E-state index < -0.39 is 0 Å². The van der Waals surface area contributed by atoms with E-state index in [9.17, 15) is 4.79 Å². The van der Waals surface area contributed by atoms with Crippen molar-refractivity contribution in [1.29, 1.82) is 0 Å². The van der Waals surface area contributed by atoms with Crippen LogP contribution in [0.15, 0.2) is 30.3 Å². The molecule has 1 heterocycles. The number of hydrogen-bond acceptors (Lipinski definition) is 2. The number of carbonyl (C=O) groups is 1. The third-order valence-corrected chi connectivity index (χ3v) is 2.99. The molecule has 0 bridgehead atoms. The first-order valence-corrected chi connectivity index (χ1v) is 5.91. The largest absolute Gasteiger partial charge is 0.361 e. The summed E-state index contributed by atoms with van der Waals surface area (Å²) in [7, 11) is 0. The van der Waals surface area contributed by atoms with Crippen molar-refractivity contribution in [3.05, 3.63) is 35.9 Å². The molecule has 0 radical (unpaired) electrons. The van der Waals surface area contributed by atoms with E-state index in [0.717, 1.165) is 12.8 Å². The molecule has 0 N–H and O–H groups in total. The Morgan fingerprint density at radius 1 is 1.31 bits per heavy atom. The van der Waals surface area contributed by atoms with Crippen molar-refractivity contribution in [1.82, 2.24) is 0 Å². The monoisotopic (exact) mass is 218 g/mol. The van der Waals surface area contributed by atoms with E-state index in [2.05, 4.69) is 12.1 Å². The van der Waals surface area contributed by atoms with Crippen LogP contribution in [-0.2, 0) is 16.0 Å². The van der Waals surface area contributed by atoms with Crippen molar-refractivity contribution in [2.75, 3.05) is 0 Å². The van der Waals surface area contributed by atoms with Gasteiger partial charge in [-0.1, -0.05) is 44.2 Å². The first-order chi connectivity index (χ1) is 7.68. The lowest BCUT2D eigenvalue weighted by molar-refractivity contribution is -0.123. The first-order valence-electron chi connectivity index (χ1n) is 5.91. The quantitative estimate of drug-likeness (QED) is 0.711. The van der Waals surface area contributed by atoms with Crippen molar-refractivity contribution in [3.8, 4) is 0 Å². The van der Waals surface area contributed by atoms with Crippen LogP contribution in [0.2, 0.25) is 0 Å². The van der Waals surface area contributed by atoms with Crippen LogP contribution in [0.25, 0.3) is 0 Å². The Morgan fingerprint density at radius 3 is 2.62 bits per heavy atom. The zero-order valence-corrected chi connectivity index (χ0v) is 9.85. The minimum absolute atomic E-state index is 0.0896. The van der Waals surface area contributed by atoms with Crippen LogP contribution in [0.1, 0.15) is 25.8 Å². The van der Waals surface area contributed by atoms with Crippen LogP contribution in [0, 0.1) is 5.92 Å². The predicted octanol–water partition coefficient (Wildman–Crippen LogP) is 2.61. The molecule has 0 saturated carbocycles. The van der Waals surface area contributed by atoms with E-state index in [1.165, 1.54) is 5.56 Å². The molecule has 1 fully saturated rings. The lowest BCUT2D eigenvalue weighted by Gasteiger charge is -2.00. The number of hydrogen-bond donors (Lipinski definition) is 0. The standard InChI is InChI=1S/C14H18O2/c1-10(2)13(15)14-12(16-14)9-8-11-6-4-3-5-7-11/h3-7,10,12,14H,8-9H2,1-2H3. The average Bonchev–Trinajstić information content (AvgIpc) is 3.06. The van der Waals surface area contributed by atoms with Gasteiger partial charge in [-0.3, -0.25) is 4.79 Å². The Morgan fingerprint density at radius 2 is 2.00 bits per heavy atom. The fourth-order valence-corrected chi connectivity index (χ4v) is 1.89. The maximum atomic E-state index is 11.6. The normalized spacial score (nSPS) is 23.4. The Labute approximate surface area is 96.6 Å². The molecular weight excluding hydrogens is 200 g/mol. The molecule has 86 valence electrons. The molecule has 1 aliphatic rings. The summed E-state index contributed by atoms with van der Waals surface area (Å²) >= 11 is 0. The molecule has 2 nitrogen and oxygen atoms in total. The second-order valence-corrected chi connectivity index (χ2v) is 4.68. The van der Waals surface area contributed by atoms with Crippen molar-refractivity contribution in [2.45, 2.75) is 38.9 Å². The zero-order valence-electron chi connectivity index (χ0n) is 9.85. The maximum absolute atomic E-state index is 11.6. The smallest absolute Gasteiger partial charge is 0.166 e. The van der Waals surface area contributed by atoms with Gasteiger partial charge in [-0.05, 0) is 18.4 Å². The molecule has 1 aromatic rings. The van der Waals surface area contributed by atoms with Crippen LogP contribution in [0.3, 0.4) is 0 Å². The lowest BCUT2D eigenvalue weighted by Crippen LogP contribution is -2.16. The van der Waals surface area contributed by atoms with E-state index in [1.54, 1.807) is 0 Å². The minimum Gasteiger partial charge on any atom is -0.361 e. The second kappa shape index (κ2) is 4.79. The molecule has 0 spiro atoms. The van der Waals surface area contributed by atoms with E-state index in [4.69, 9.17) is 4.74 Å². The Bertz CT molecular complexity index is 356. The van der Waals surface area contributed by atoms with Gasteiger partial charge in [0.05, 0.1) is 6.10 Å². The molecule has 0 amide bonds. The second-order valence-electron chi connectivity index (χ2n) is 4.68. The number of rotatable bonds is 5.